The smallest absolute Gasteiger partial charge is 0.261 e. The molecule has 1 amide bonds. The minimum Gasteiger partial charge on any atom is -0.482 e. The summed E-state index contributed by atoms with van der Waals surface area (Å²) in [5.74, 6) is 0.775. The van der Waals surface area contributed by atoms with Gasteiger partial charge in [0.15, 0.2) is 6.61 Å². The van der Waals surface area contributed by atoms with E-state index in [-0.39, 0.29) is 24.0 Å². The van der Waals surface area contributed by atoms with Gasteiger partial charge in [-0.25, -0.2) is 0 Å². The lowest BCUT2D eigenvalue weighted by Gasteiger charge is -2.49. The quantitative estimate of drug-likeness (QED) is 0.737. The minimum atomic E-state index is 0.0845. The Hall–Kier alpha value is -2.40. The number of aromatic nitrogens is 1. The van der Waals surface area contributed by atoms with Crippen molar-refractivity contribution in [1.29, 1.82) is 0 Å². The SMILES string of the molecule is CN1[C@H](Cc2ccccc2)[C@@H]2C[C@@]3(C)[C@H](CCCC[C@@H]13)N2C(=O)COc1cccnc1. The summed E-state index contributed by atoms with van der Waals surface area (Å²) in [7, 11) is 2.30. The standard InChI is InChI=1S/C26H33N3O2/c1-26-16-22-21(15-19-9-4-3-5-10-19)28(2)23(26)12-6-7-13-24(26)29(22)25(30)18-31-20-11-8-14-27-17-20/h3-5,8-11,14,17,21-24H,6-7,12-13,15-16,18H2,1-2H3/t21-,22+,23-,24+,26-/m1/s1. The van der Waals surface area contributed by atoms with Crippen LogP contribution in [0.5, 0.6) is 5.75 Å². The van der Waals surface area contributed by atoms with Crippen LogP contribution in [0.15, 0.2) is 54.9 Å². The van der Waals surface area contributed by atoms with Crippen molar-refractivity contribution in [3.05, 3.63) is 60.4 Å². The average Bonchev–Trinajstić information content (AvgIpc) is 2.94. The van der Waals surface area contributed by atoms with Crippen LogP contribution in [0.25, 0.3) is 0 Å². The first-order valence-electron chi connectivity index (χ1n) is 11.7. The zero-order valence-corrected chi connectivity index (χ0v) is 18.6. The van der Waals surface area contributed by atoms with Gasteiger partial charge in [-0.15, -0.1) is 0 Å². The van der Waals surface area contributed by atoms with Crippen molar-refractivity contribution in [2.75, 3.05) is 13.7 Å². The zero-order valence-electron chi connectivity index (χ0n) is 18.6. The van der Waals surface area contributed by atoms with Gasteiger partial charge in [-0.3, -0.25) is 14.7 Å². The van der Waals surface area contributed by atoms with E-state index in [1.165, 1.54) is 24.8 Å². The Balaban J connectivity index is 1.44. The Morgan fingerprint density at radius 2 is 1.90 bits per heavy atom. The van der Waals surface area contributed by atoms with Crippen LogP contribution < -0.4 is 4.74 Å². The average molecular weight is 420 g/mol. The van der Waals surface area contributed by atoms with Crippen molar-refractivity contribution < 1.29 is 9.53 Å². The maximum atomic E-state index is 13.6. The number of hydrogen-bond acceptors (Lipinski definition) is 4. The molecular formula is C26H33N3O2. The predicted molar refractivity (Wildman–Crippen MR) is 121 cm³/mol. The number of likely N-dealkylation sites (N-methyl/N-ethyl adjacent to an activating group) is 1. The number of carbonyl (C=O) groups excluding carboxylic acids is 1. The predicted octanol–water partition coefficient (Wildman–Crippen LogP) is 3.94. The molecule has 1 saturated carbocycles. The molecule has 3 fully saturated rings. The van der Waals surface area contributed by atoms with E-state index in [9.17, 15) is 4.79 Å². The molecule has 1 aliphatic carbocycles. The van der Waals surface area contributed by atoms with Crippen molar-refractivity contribution in [3.8, 4) is 5.75 Å². The molecule has 2 saturated heterocycles. The lowest BCUT2D eigenvalue weighted by Crippen LogP contribution is -2.58. The van der Waals surface area contributed by atoms with Crippen LogP contribution in [0.2, 0.25) is 0 Å². The Kier molecular flexibility index (Phi) is 5.47. The van der Waals surface area contributed by atoms with Gasteiger partial charge in [0.05, 0.1) is 6.20 Å². The Morgan fingerprint density at radius 3 is 2.65 bits per heavy atom. The fourth-order valence-corrected chi connectivity index (χ4v) is 6.71. The number of carbonyl (C=O) groups is 1. The van der Waals surface area contributed by atoms with Gasteiger partial charge in [0.1, 0.15) is 5.75 Å². The summed E-state index contributed by atoms with van der Waals surface area (Å²) in [5, 5.41) is 0. The topological polar surface area (TPSA) is 45.7 Å². The van der Waals surface area contributed by atoms with Crippen LogP contribution >= 0.6 is 0 Å². The summed E-state index contributed by atoms with van der Waals surface area (Å²) < 4.78 is 5.84. The summed E-state index contributed by atoms with van der Waals surface area (Å²) in [6.07, 6.45) is 10.3. The highest BCUT2D eigenvalue weighted by atomic mass is 16.5. The van der Waals surface area contributed by atoms with Crippen molar-refractivity contribution in [2.45, 2.75) is 69.6 Å². The monoisotopic (exact) mass is 419 g/mol. The summed E-state index contributed by atoms with van der Waals surface area (Å²) in [4.78, 5) is 22.5. The molecule has 2 aromatic rings. The summed E-state index contributed by atoms with van der Waals surface area (Å²) in [6, 6.07) is 15.8. The second-order valence-corrected chi connectivity index (χ2v) is 9.79. The number of hydrogen-bond donors (Lipinski definition) is 0. The summed E-state index contributed by atoms with van der Waals surface area (Å²) in [5.41, 5.74) is 1.51. The molecule has 0 unspecified atom stereocenters. The van der Waals surface area contributed by atoms with Crippen molar-refractivity contribution in [2.24, 2.45) is 5.41 Å². The Bertz CT molecular complexity index is 905. The number of nitrogens with zero attached hydrogens (tertiary/aromatic N) is 3. The minimum absolute atomic E-state index is 0.0845. The number of benzene rings is 1. The molecule has 0 radical (unpaired) electrons. The van der Waals surface area contributed by atoms with Gasteiger partial charge in [0.2, 0.25) is 0 Å². The summed E-state index contributed by atoms with van der Waals surface area (Å²) >= 11 is 0. The lowest BCUT2D eigenvalue weighted by molar-refractivity contribution is -0.137. The van der Waals surface area contributed by atoms with Crippen molar-refractivity contribution >= 4 is 5.91 Å². The maximum absolute atomic E-state index is 13.6. The van der Waals surface area contributed by atoms with E-state index in [0.717, 1.165) is 19.3 Å². The Labute approximate surface area is 185 Å². The van der Waals surface area contributed by atoms with Crippen LogP contribution in [0.3, 0.4) is 0 Å². The fourth-order valence-electron chi connectivity index (χ4n) is 6.71. The summed E-state index contributed by atoms with van der Waals surface area (Å²) in [6.45, 7) is 2.52. The third-order valence-electron chi connectivity index (χ3n) is 8.10. The highest BCUT2D eigenvalue weighted by Crippen LogP contribution is 2.55. The molecule has 2 bridgehead atoms. The van der Waals surface area contributed by atoms with Crippen LogP contribution in [-0.4, -0.2) is 58.5 Å². The van der Waals surface area contributed by atoms with Crippen LogP contribution in [0, 0.1) is 5.41 Å². The van der Waals surface area contributed by atoms with Gasteiger partial charge in [-0.1, -0.05) is 50.1 Å². The molecule has 164 valence electrons. The molecule has 2 aliphatic heterocycles. The van der Waals surface area contributed by atoms with Gasteiger partial charge in [0, 0.05) is 35.8 Å². The number of rotatable bonds is 5. The van der Waals surface area contributed by atoms with E-state index in [1.54, 1.807) is 12.4 Å². The number of ether oxygens (including phenoxy) is 1. The molecule has 5 nitrogen and oxygen atoms in total. The van der Waals surface area contributed by atoms with Crippen molar-refractivity contribution in [3.63, 3.8) is 0 Å². The number of amides is 1. The van der Waals surface area contributed by atoms with Gasteiger partial charge in [0.25, 0.3) is 5.91 Å². The molecular weight excluding hydrogens is 386 g/mol. The molecule has 5 rings (SSSR count). The zero-order chi connectivity index (χ0) is 21.4. The third kappa shape index (κ3) is 3.63. The van der Waals surface area contributed by atoms with E-state index in [2.05, 4.69) is 59.1 Å². The van der Waals surface area contributed by atoms with E-state index in [4.69, 9.17) is 4.74 Å². The molecule has 0 spiro atoms. The maximum Gasteiger partial charge on any atom is 0.261 e. The van der Waals surface area contributed by atoms with Crippen LogP contribution in [0.4, 0.5) is 0 Å². The number of fused-ring (bicyclic) bond motifs is 1. The number of likely N-dealkylation sites (tertiary alicyclic amines) is 2. The first-order chi connectivity index (χ1) is 15.1. The molecule has 31 heavy (non-hydrogen) atoms. The molecule has 5 heteroatoms. The fraction of sp³-hybridized carbons (Fsp3) is 0.538. The van der Waals surface area contributed by atoms with Gasteiger partial charge < -0.3 is 9.64 Å². The normalized spacial score (nSPS) is 32.5. The Morgan fingerprint density at radius 1 is 1.13 bits per heavy atom. The highest BCUT2D eigenvalue weighted by Gasteiger charge is 2.62. The van der Waals surface area contributed by atoms with Crippen LogP contribution in [-0.2, 0) is 11.2 Å². The highest BCUT2D eigenvalue weighted by molar-refractivity contribution is 5.79. The first kappa shape index (κ1) is 20.5. The second-order valence-electron chi connectivity index (χ2n) is 9.79. The molecule has 5 atom stereocenters. The van der Waals surface area contributed by atoms with E-state index < -0.39 is 0 Å². The van der Waals surface area contributed by atoms with Crippen LogP contribution in [0.1, 0.15) is 44.6 Å². The first-order valence-corrected chi connectivity index (χ1v) is 11.7. The third-order valence-corrected chi connectivity index (χ3v) is 8.10. The molecule has 1 aromatic heterocycles. The number of piperidine rings is 1. The van der Waals surface area contributed by atoms with Gasteiger partial charge >= 0.3 is 0 Å². The van der Waals surface area contributed by atoms with Gasteiger partial charge in [-0.05, 0) is 50.4 Å². The van der Waals surface area contributed by atoms with E-state index >= 15 is 0 Å². The second kappa shape index (κ2) is 8.27. The number of pyridine rings is 1. The van der Waals surface area contributed by atoms with E-state index in [1.807, 2.05) is 12.1 Å². The molecule has 3 heterocycles. The molecule has 0 N–H and O–H groups in total. The van der Waals surface area contributed by atoms with Crippen molar-refractivity contribution in [1.82, 2.24) is 14.8 Å². The lowest BCUT2D eigenvalue weighted by atomic mass is 9.69. The van der Waals surface area contributed by atoms with Gasteiger partial charge in [-0.2, -0.15) is 0 Å². The molecule has 1 aromatic carbocycles. The molecule has 3 aliphatic rings. The van der Waals surface area contributed by atoms with E-state index in [0.29, 0.717) is 23.9 Å². The largest absolute Gasteiger partial charge is 0.482 e.